The van der Waals surface area contributed by atoms with Gasteiger partial charge in [0.1, 0.15) is 9.79 Å². The van der Waals surface area contributed by atoms with Crippen LogP contribution < -0.4 is 12.4 Å². The monoisotopic (exact) mass is 389 g/mol. The second kappa shape index (κ2) is 6.84. The Morgan fingerprint density at radius 2 is 0.875 bits per heavy atom. The number of hydrogen-bond donors (Lipinski definition) is 0. The minimum Gasteiger partial charge on any atom is -1.00 e. The van der Waals surface area contributed by atoms with E-state index in [-0.39, 0.29) is 22.2 Å². The normalized spacial score (nSPS) is 12.5. The van der Waals surface area contributed by atoms with Crippen molar-refractivity contribution in [3.05, 3.63) is 59.7 Å². The van der Waals surface area contributed by atoms with Crippen LogP contribution in [0.25, 0.3) is 0 Å². The van der Waals surface area contributed by atoms with Gasteiger partial charge < -0.3 is 12.4 Å². The van der Waals surface area contributed by atoms with Crippen LogP contribution in [0.2, 0.25) is 0 Å². The minimum atomic E-state index is -4.12. The predicted molar refractivity (Wildman–Crippen MR) is 88.8 cm³/mol. The fraction of sp³-hybridized carbons (Fsp3) is 0.250. The van der Waals surface area contributed by atoms with Gasteiger partial charge in [-0.2, -0.15) is 16.8 Å². The Bertz CT molecular complexity index is 840. The summed E-state index contributed by atoms with van der Waals surface area (Å²) in [6, 6.07) is 12.3. The zero-order valence-electron chi connectivity index (χ0n) is 13.9. The van der Waals surface area contributed by atoms with Gasteiger partial charge in [0.25, 0.3) is 0 Å². The summed E-state index contributed by atoms with van der Waals surface area (Å²) in [5.41, 5.74) is 1.80. The van der Waals surface area contributed by atoms with Crippen LogP contribution in [0.15, 0.2) is 58.3 Å². The molecule has 0 heterocycles. The van der Waals surface area contributed by atoms with Gasteiger partial charge >= 0.3 is 20.0 Å². The maximum atomic E-state index is 12.8. The van der Waals surface area contributed by atoms with E-state index in [2.05, 4.69) is 0 Å². The van der Waals surface area contributed by atoms with Crippen molar-refractivity contribution in [2.45, 2.75) is 23.6 Å². The first kappa shape index (κ1) is 20.6. The van der Waals surface area contributed by atoms with Gasteiger partial charge in [0.15, 0.2) is 0 Å². The zero-order valence-corrected chi connectivity index (χ0v) is 16.3. The van der Waals surface area contributed by atoms with Gasteiger partial charge in [0, 0.05) is 0 Å². The smallest absolute Gasteiger partial charge is 0.341 e. The maximum absolute atomic E-state index is 12.8. The predicted octanol–water partition coefficient (Wildman–Crippen LogP) is -0.539. The Balaban J connectivity index is 0.00000288. The summed E-state index contributed by atoms with van der Waals surface area (Å²) in [6.07, 6.45) is 0. The van der Waals surface area contributed by atoms with Gasteiger partial charge in [-0.05, 0) is 38.1 Å². The lowest BCUT2D eigenvalue weighted by Gasteiger charge is -2.27. The summed E-state index contributed by atoms with van der Waals surface area (Å²) in [7, 11) is -5.90. The Morgan fingerprint density at radius 1 is 0.625 bits per heavy atom. The molecule has 0 aromatic heterocycles. The molecule has 0 saturated carbocycles. The van der Waals surface area contributed by atoms with E-state index in [9.17, 15) is 16.8 Å². The lowest BCUT2D eigenvalue weighted by Crippen LogP contribution is -3.00. The van der Waals surface area contributed by atoms with Crippen molar-refractivity contribution < 1.29 is 32.5 Å². The molecule has 0 aliphatic carbocycles. The second-order valence-corrected chi connectivity index (χ2v) is 10.7. The van der Waals surface area contributed by atoms with Gasteiger partial charge in [-0.1, -0.05) is 35.4 Å². The van der Waals surface area contributed by atoms with Crippen LogP contribution in [0.3, 0.4) is 0 Å². The Labute approximate surface area is 150 Å². The number of nitrogens with zero attached hydrogens (tertiary/aromatic N) is 1. The van der Waals surface area contributed by atoms with E-state index >= 15 is 0 Å². The molecular weight excluding hydrogens is 370 g/mol. The average molecular weight is 390 g/mol. The third-order valence-electron chi connectivity index (χ3n) is 3.80. The topological polar surface area (TPSA) is 68.3 Å². The summed E-state index contributed by atoms with van der Waals surface area (Å²) >= 11 is 0. The number of sulfonamides is 2. The maximum Gasteiger partial charge on any atom is 0.341 e. The van der Waals surface area contributed by atoms with Gasteiger partial charge in [0.2, 0.25) is 0 Å². The van der Waals surface area contributed by atoms with Crippen molar-refractivity contribution in [3.63, 3.8) is 0 Å². The van der Waals surface area contributed by atoms with E-state index in [0.717, 1.165) is 11.1 Å². The highest BCUT2D eigenvalue weighted by Crippen LogP contribution is 2.29. The minimum absolute atomic E-state index is 0. The van der Waals surface area contributed by atoms with Gasteiger partial charge in [-0.25, -0.2) is 0 Å². The van der Waals surface area contributed by atoms with Crippen molar-refractivity contribution in [2.75, 3.05) is 14.1 Å². The van der Waals surface area contributed by atoms with Crippen molar-refractivity contribution >= 4 is 20.0 Å². The van der Waals surface area contributed by atoms with E-state index in [1.807, 2.05) is 13.8 Å². The number of halogens is 1. The van der Waals surface area contributed by atoms with Crippen molar-refractivity contribution in [1.82, 2.24) is 0 Å². The molecule has 0 spiro atoms. The molecule has 2 aromatic carbocycles. The van der Waals surface area contributed by atoms with Crippen molar-refractivity contribution in [3.8, 4) is 0 Å². The number of hydrogen-bond acceptors (Lipinski definition) is 4. The van der Waals surface area contributed by atoms with E-state index < -0.39 is 23.3 Å². The van der Waals surface area contributed by atoms with Crippen LogP contribution in [0.1, 0.15) is 11.1 Å². The molecule has 0 radical (unpaired) electrons. The third-order valence-corrected chi connectivity index (χ3v) is 9.02. The van der Waals surface area contributed by atoms with E-state index in [0.29, 0.717) is 0 Å². The molecule has 132 valence electrons. The molecule has 0 bridgehead atoms. The lowest BCUT2D eigenvalue weighted by atomic mass is 10.2. The number of rotatable bonds is 4. The Hall–Kier alpha value is -1.41. The first-order valence-corrected chi connectivity index (χ1v) is 9.86. The molecule has 0 fully saturated rings. The molecule has 8 heteroatoms. The lowest BCUT2D eigenvalue weighted by molar-refractivity contribution is -0.620. The van der Waals surface area contributed by atoms with Gasteiger partial charge in [0.05, 0.1) is 14.1 Å². The highest BCUT2D eigenvalue weighted by Gasteiger charge is 2.47. The molecule has 0 saturated heterocycles. The van der Waals surface area contributed by atoms with E-state index in [1.165, 1.54) is 38.4 Å². The zero-order chi connectivity index (χ0) is 17.5. The number of aryl methyl sites for hydroxylation is 2. The van der Waals surface area contributed by atoms with Crippen LogP contribution in [-0.4, -0.2) is 34.2 Å². The van der Waals surface area contributed by atoms with Crippen LogP contribution >= 0.6 is 0 Å². The molecule has 0 aliphatic heterocycles. The SMILES string of the molecule is Cc1ccc(S(=O)(=O)[N+](C)(C)S(=O)(=O)c2ccc(C)cc2)cc1.[Cl-]. The van der Waals surface area contributed by atoms with Crippen LogP contribution in [0.4, 0.5) is 0 Å². The third kappa shape index (κ3) is 3.35. The van der Waals surface area contributed by atoms with Crippen molar-refractivity contribution in [1.29, 1.82) is 0 Å². The summed E-state index contributed by atoms with van der Waals surface area (Å²) in [5, 5.41) is 0. The molecule has 2 rings (SSSR count). The molecule has 5 nitrogen and oxygen atoms in total. The Kier molecular flexibility index (Phi) is 5.88. The quantitative estimate of drug-likeness (QED) is 0.659. The molecule has 24 heavy (non-hydrogen) atoms. The van der Waals surface area contributed by atoms with Crippen LogP contribution in [0.5, 0.6) is 0 Å². The fourth-order valence-corrected chi connectivity index (χ4v) is 5.58. The molecule has 2 aromatic rings. The first-order valence-electron chi connectivity index (χ1n) is 6.98. The molecule has 0 atom stereocenters. The van der Waals surface area contributed by atoms with Crippen molar-refractivity contribution in [2.24, 2.45) is 0 Å². The summed E-state index contributed by atoms with van der Waals surface area (Å²) in [6.45, 7) is 3.67. The van der Waals surface area contributed by atoms with Gasteiger partial charge in [-0.3, -0.25) is 0 Å². The second-order valence-electron chi connectivity index (χ2n) is 5.83. The highest BCUT2D eigenvalue weighted by atomic mass is 35.5. The molecule has 0 aliphatic rings. The molecular formula is C16H20ClNO4S2. The average Bonchev–Trinajstić information content (AvgIpc) is 2.47. The molecule has 0 amide bonds. The summed E-state index contributed by atoms with van der Waals surface area (Å²) < 4.78 is 50.2. The molecule has 0 unspecified atom stereocenters. The first-order chi connectivity index (χ1) is 10.5. The summed E-state index contributed by atoms with van der Waals surface area (Å²) in [5.74, 6) is 0. The number of quaternary nitrogens is 1. The number of benzene rings is 2. The highest BCUT2D eigenvalue weighted by molar-refractivity contribution is 7.98. The van der Waals surface area contributed by atoms with E-state index in [1.54, 1.807) is 24.3 Å². The summed E-state index contributed by atoms with van der Waals surface area (Å²) in [4.78, 5) is -0.0485. The molecule has 0 N–H and O–H groups in total. The largest absolute Gasteiger partial charge is 1.00 e. The van der Waals surface area contributed by atoms with Crippen LogP contribution in [-0.2, 0) is 20.0 Å². The van der Waals surface area contributed by atoms with Crippen LogP contribution in [0, 0.1) is 13.8 Å². The standard InChI is InChI=1S/C16H20NO4S2.ClH/c1-13-5-9-15(10-6-13)22(18,19)17(3,4)23(20,21)16-11-7-14(2)8-12-16;/h5-12H,1-4H3;1H/q+1;/p-1. The van der Waals surface area contributed by atoms with E-state index in [4.69, 9.17) is 0 Å². The Morgan fingerprint density at radius 3 is 1.12 bits per heavy atom. The van der Waals surface area contributed by atoms with Gasteiger partial charge in [-0.15, -0.1) is 3.29 Å². The fourth-order valence-electron chi connectivity index (χ4n) is 2.06.